The summed E-state index contributed by atoms with van der Waals surface area (Å²) >= 11 is 0. The van der Waals surface area contributed by atoms with Gasteiger partial charge in [-0.15, -0.1) is 0 Å². The fraction of sp³-hybridized carbons (Fsp3) is 0.368. The fourth-order valence-electron chi connectivity index (χ4n) is 2.81. The first-order chi connectivity index (χ1) is 11.2. The van der Waals surface area contributed by atoms with Crippen LogP contribution in [0.1, 0.15) is 11.1 Å². The number of halogens is 2. The average Bonchev–Trinajstić information content (AvgIpc) is 3.09. The van der Waals surface area contributed by atoms with Crippen molar-refractivity contribution in [3.05, 3.63) is 71.8 Å². The van der Waals surface area contributed by atoms with Crippen LogP contribution in [0.2, 0.25) is 0 Å². The normalized spacial score (nSPS) is 22.0. The van der Waals surface area contributed by atoms with Gasteiger partial charge in [-0.05, 0) is 11.1 Å². The maximum absolute atomic E-state index is 13.8. The molecule has 1 N–H and O–H groups in total. The number of benzene rings is 2. The lowest BCUT2D eigenvalue weighted by molar-refractivity contribution is 0.0460. The van der Waals surface area contributed by atoms with Crippen LogP contribution < -0.4 is 5.32 Å². The molecule has 1 saturated carbocycles. The number of rotatable bonds is 8. The number of ether oxygens (including phenoxy) is 1. The highest BCUT2D eigenvalue weighted by atomic mass is 19.3. The van der Waals surface area contributed by atoms with Gasteiger partial charge in [-0.1, -0.05) is 60.7 Å². The summed E-state index contributed by atoms with van der Waals surface area (Å²) in [6, 6.07) is 19.4. The van der Waals surface area contributed by atoms with Crippen LogP contribution in [0.3, 0.4) is 0 Å². The lowest BCUT2D eigenvalue weighted by atomic mass is 10.2. The van der Waals surface area contributed by atoms with Gasteiger partial charge in [-0.3, -0.25) is 0 Å². The minimum Gasteiger partial charge on any atom is -0.376 e. The third-order valence-corrected chi connectivity index (χ3v) is 4.31. The molecule has 0 radical (unpaired) electrons. The van der Waals surface area contributed by atoms with Gasteiger partial charge in [0.05, 0.1) is 19.1 Å². The van der Waals surface area contributed by atoms with E-state index < -0.39 is 17.8 Å². The van der Waals surface area contributed by atoms with Crippen molar-refractivity contribution in [3.8, 4) is 0 Å². The van der Waals surface area contributed by atoms with Crippen LogP contribution in [0.4, 0.5) is 8.78 Å². The van der Waals surface area contributed by atoms with E-state index >= 15 is 0 Å². The van der Waals surface area contributed by atoms with Gasteiger partial charge in [-0.25, -0.2) is 8.78 Å². The highest BCUT2D eigenvalue weighted by Gasteiger charge is 2.67. The topological polar surface area (TPSA) is 21.3 Å². The Morgan fingerprint density at radius 2 is 1.48 bits per heavy atom. The molecule has 122 valence electrons. The van der Waals surface area contributed by atoms with Crippen molar-refractivity contribution in [2.75, 3.05) is 13.2 Å². The van der Waals surface area contributed by atoms with Crippen LogP contribution in [0.15, 0.2) is 60.7 Å². The zero-order chi connectivity index (χ0) is 16.1. The molecule has 23 heavy (non-hydrogen) atoms. The Hall–Kier alpha value is -1.78. The molecule has 3 rings (SSSR count). The van der Waals surface area contributed by atoms with Crippen molar-refractivity contribution >= 4 is 0 Å². The number of nitrogens with one attached hydrogen (secondary N) is 1. The molecule has 1 aliphatic carbocycles. The Morgan fingerprint density at radius 1 is 0.870 bits per heavy atom. The molecule has 1 aliphatic rings. The van der Waals surface area contributed by atoms with Gasteiger partial charge in [-0.2, -0.15) is 0 Å². The molecular formula is C19H21F2NO. The van der Waals surface area contributed by atoms with E-state index in [9.17, 15) is 8.78 Å². The predicted molar refractivity (Wildman–Crippen MR) is 86.2 cm³/mol. The molecule has 4 heteroatoms. The maximum atomic E-state index is 13.8. The first-order valence-corrected chi connectivity index (χ1v) is 7.92. The van der Waals surface area contributed by atoms with E-state index in [2.05, 4.69) is 5.32 Å². The Bertz CT molecular complexity index is 550. The summed E-state index contributed by atoms with van der Waals surface area (Å²) in [7, 11) is 0. The summed E-state index contributed by atoms with van der Waals surface area (Å²) in [5.74, 6) is -3.91. The minimum absolute atomic E-state index is 0.111. The molecule has 2 aromatic rings. The van der Waals surface area contributed by atoms with Crippen LogP contribution in [0.5, 0.6) is 0 Å². The number of hydrogen-bond donors (Lipinski definition) is 1. The van der Waals surface area contributed by atoms with Gasteiger partial charge in [0.1, 0.15) is 0 Å². The molecular weight excluding hydrogens is 296 g/mol. The first-order valence-electron chi connectivity index (χ1n) is 7.92. The molecule has 0 unspecified atom stereocenters. The second kappa shape index (κ2) is 7.20. The van der Waals surface area contributed by atoms with Crippen LogP contribution >= 0.6 is 0 Å². The van der Waals surface area contributed by atoms with Gasteiger partial charge in [0.2, 0.25) is 0 Å². The molecule has 0 heterocycles. The number of alkyl halides is 2. The molecule has 2 atom stereocenters. The summed E-state index contributed by atoms with van der Waals surface area (Å²) in [6.45, 7) is 1.43. The van der Waals surface area contributed by atoms with Gasteiger partial charge in [0.25, 0.3) is 5.92 Å². The largest absolute Gasteiger partial charge is 0.376 e. The van der Waals surface area contributed by atoms with Gasteiger partial charge in [0, 0.05) is 19.0 Å². The zero-order valence-corrected chi connectivity index (χ0v) is 12.9. The van der Waals surface area contributed by atoms with Gasteiger partial charge >= 0.3 is 0 Å². The lowest BCUT2D eigenvalue weighted by Gasteiger charge is -2.04. The summed E-state index contributed by atoms with van der Waals surface area (Å²) in [5, 5.41) is 3.12. The van der Waals surface area contributed by atoms with Crippen molar-refractivity contribution in [1.82, 2.24) is 5.32 Å². The Kier molecular flexibility index (Phi) is 5.03. The standard InChI is InChI=1S/C19H21F2NO/c20-19(21)17(12-22-11-15-7-3-1-4-8-15)18(19)14-23-13-16-9-5-2-6-10-16/h1-10,17-18,22H,11-14H2/t17-,18-/m0/s1. The Balaban J connectivity index is 1.39. The van der Waals surface area contributed by atoms with E-state index in [0.29, 0.717) is 19.7 Å². The van der Waals surface area contributed by atoms with Crippen molar-refractivity contribution in [3.63, 3.8) is 0 Å². The Morgan fingerprint density at radius 3 is 2.13 bits per heavy atom. The van der Waals surface area contributed by atoms with E-state index in [-0.39, 0.29) is 6.61 Å². The van der Waals surface area contributed by atoms with Gasteiger partial charge < -0.3 is 10.1 Å². The van der Waals surface area contributed by atoms with E-state index in [4.69, 9.17) is 4.74 Å². The monoisotopic (exact) mass is 317 g/mol. The summed E-state index contributed by atoms with van der Waals surface area (Å²) < 4.78 is 33.1. The zero-order valence-electron chi connectivity index (χ0n) is 12.9. The molecule has 0 bridgehead atoms. The van der Waals surface area contributed by atoms with E-state index in [1.165, 1.54) is 0 Å². The van der Waals surface area contributed by atoms with Crippen molar-refractivity contribution in [1.29, 1.82) is 0 Å². The maximum Gasteiger partial charge on any atom is 0.258 e. The van der Waals surface area contributed by atoms with Crippen LogP contribution in [0, 0.1) is 11.8 Å². The molecule has 2 aromatic carbocycles. The smallest absolute Gasteiger partial charge is 0.258 e. The third-order valence-electron chi connectivity index (χ3n) is 4.31. The highest BCUT2D eigenvalue weighted by Crippen LogP contribution is 2.54. The second-order valence-corrected chi connectivity index (χ2v) is 6.00. The third kappa shape index (κ3) is 4.15. The molecule has 0 spiro atoms. The predicted octanol–water partition coefficient (Wildman–Crippen LogP) is 3.87. The van der Waals surface area contributed by atoms with Crippen LogP contribution in [-0.4, -0.2) is 19.1 Å². The van der Waals surface area contributed by atoms with E-state index in [0.717, 1.165) is 11.1 Å². The Labute approximate surface area is 135 Å². The molecule has 0 aliphatic heterocycles. The molecule has 1 fully saturated rings. The van der Waals surface area contributed by atoms with Gasteiger partial charge in [0.15, 0.2) is 0 Å². The average molecular weight is 317 g/mol. The molecule has 2 nitrogen and oxygen atoms in total. The van der Waals surface area contributed by atoms with Crippen LogP contribution in [-0.2, 0) is 17.9 Å². The lowest BCUT2D eigenvalue weighted by Crippen LogP contribution is -2.18. The number of hydrogen-bond acceptors (Lipinski definition) is 2. The van der Waals surface area contributed by atoms with Crippen molar-refractivity contribution in [2.45, 2.75) is 19.1 Å². The van der Waals surface area contributed by atoms with Crippen molar-refractivity contribution in [2.24, 2.45) is 11.8 Å². The highest BCUT2D eigenvalue weighted by molar-refractivity contribution is 5.15. The fourth-order valence-corrected chi connectivity index (χ4v) is 2.81. The minimum atomic E-state index is -2.61. The van der Waals surface area contributed by atoms with Crippen molar-refractivity contribution < 1.29 is 13.5 Å². The molecule has 0 amide bonds. The molecule has 0 saturated heterocycles. The first kappa shape index (κ1) is 16.1. The van der Waals surface area contributed by atoms with E-state index in [1.54, 1.807) is 0 Å². The summed E-state index contributed by atoms with van der Waals surface area (Å²) in [4.78, 5) is 0. The van der Waals surface area contributed by atoms with Crippen LogP contribution in [0.25, 0.3) is 0 Å². The van der Waals surface area contributed by atoms with E-state index in [1.807, 2.05) is 60.7 Å². The quantitative estimate of drug-likeness (QED) is 0.798. The summed E-state index contributed by atoms with van der Waals surface area (Å²) in [5.41, 5.74) is 2.11. The summed E-state index contributed by atoms with van der Waals surface area (Å²) in [6.07, 6.45) is 0. The molecule has 0 aromatic heterocycles. The second-order valence-electron chi connectivity index (χ2n) is 6.00. The SMILES string of the molecule is FC1(F)[C@@H](CNCc2ccccc2)[C@@H]1COCc1ccccc1.